The third kappa shape index (κ3) is 4.29. The molecule has 2 aromatic carbocycles. The van der Waals surface area contributed by atoms with Crippen LogP contribution < -0.4 is 14.8 Å². The first-order chi connectivity index (χ1) is 15.4. The average molecular weight is 434 g/mol. The fourth-order valence-electron chi connectivity index (χ4n) is 4.81. The van der Waals surface area contributed by atoms with Gasteiger partial charge in [-0.1, -0.05) is 44.2 Å². The molecule has 32 heavy (non-hydrogen) atoms. The Morgan fingerprint density at radius 3 is 2.34 bits per heavy atom. The number of hydrogen-bond acceptors (Lipinski definition) is 4. The highest BCUT2D eigenvalue weighted by molar-refractivity contribution is 6.02. The van der Waals surface area contributed by atoms with Crippen molar-refractivity contribution >= 4 is 11.7 Å². The van der Waals surface area contributed by atoms with E-state index in [9.17, 15) is 9.59 Å². The standard InChI is InChI=1S/C27H31NO4/c1-5-32-24-11-10-19(14-25(24)31-4)20-12-22-27(23(29)13-20)21(15-26(30)28-22)18-8-6-17(7-9-18)16(2)3/h6-11,14,16,20-21H,5,12-13,15H2,1-4H3,(H,28,30). The number of methoxy groups -OCH3 is 1. The van der Waals surface area contributed by atoms with Crippen LogP contribution in [0.15, 0.2) is 53.7 Å². The molecular formula is C27H31NO4. The summed E-state index contributed by atoms with van der Waals surface area (Å²) in [6, 6.07) is 14.2. The summed E-state index contributed by atoms with van der Waals surface area (Å²) in [7, 11) is 1.62. The van der Waals surface area contributed by atoms with Crippen molar-refractivity contribution in [2.24, 2.45) is 0 Å². The van der Waals surface area contributed by atoms with E-state index in [-0.39, 0.29) is 23.5 Å². The van der Waals surface area contributed by atoms with Crippen molar-refractivity contribution in [1.29, 1.82) is 0 Å². The number of carbonyl (C=O) groups is 2. The van der Waals surface area contributed by atoms with E-state index in [4.69, 9.17) is 9.47 Å². The number of rotatable bonds is 6. The minimum Gasteiger partial charge on any atom is -0.493 e. The number of benzene rings is 2. The van der Waals surface area contributed by atoms with Crippen LogP contribution in [0.1, 0.15) is 74.5 Å². The van der Waals surface area contributed by atoms with Crippen LogP contribution in [-0.2, 0) is 9.59 Å². The highest BCUT2D eigenvalue weighted by Crippen LogP contribution is 2.44. The molecule has 1 amide bonds. The Morgan fingerprint density at radius 2 is 1.69 bits per heavy atom. The Morgan fingerprint density at radius 1 is 0.969 bits per heavy atom. The van der Waals surface area contributed by atoms with Gasteiger partial charge in [0, 0.05) is 30.0 Å². The second-order valence-electron chi connectivity index (χ2n) is 8.89. The first-order valence-corrected chi connectivity index (χ1v) is 11.4. The molecule has 0 saturated carbocycles. The molecule has 1 heterocycles. The molecule has 4 rings (SSSR count). The predicted molar refractivity (Wildman–Crippen MR) is 124 cm³/mol. The zero-order valence-electron chi connectivity index (χ0n) is 19.2. The molecule has 2 aromatic rings. The summed E-state index contributed by atoms with van der Waals surface area (Å²) in [5.74, 6) is 1.69. The number of amides is 1. The Labute approximate surface area is 189 Å². The van der Waals surface area contributed by atoms with Crippen LogP contribution in [0.4, 0.5) is 0 Å². The Balaban J connectivity index is 1.65. The van der Waals surface area contributed by atoms with Gasteiger partial charge in [-0.2, -0.15) is 0 Å². The molecule has 2 unspecified atom stereocenters. The SMILES string of the molecule is CCOc1ccc(C2CC(=O)C3=C(C2)NC(=O)CC3c2ccc(C(C)C)cc2)cc1OC. The molecule has 0 aromatic heterocycles. The van der Waals surface area contributed by atoms with Crippen molar-refractivity contribution in [1.82, 2.24) is 5.32 Å². The molecule has 5 heteroatoms. The van der Waals surface area contributed by atoms with Gasteiger partial charge in [0.25, 0.3) is 0 Å². The highest BCUT2D eigenvalue weighted by Gasteiger charge is 2.38. The lowest BCUT2D eigenvalue weighted by Crippen LogP contribution is -2.38. The molecule has 1 aliphatic carbocycles. The quantitative estimate of drug-likeness (QED) is 0.678. The Hall–Kier alpha value is -3.08. The maximum Gasteiger partial charge on any atom is 0.225 e. The zero-order chi connectivity index (χ0) is 22.8. The van der Waals surface area contributed by atoms with Crippen LogP contribution >= 0.6 is 0 Å². The van der Waals surface area contributed by atoms with Gasteiger partial charge in [0.2, 0.25) is 5.91 Å². The maximum absolute atomic E-state index is 13.3. The first-order valence-electron chi connectivity index (χ1n) is 11.4. The van der Waals surface area contributed by atoms with Crippen molar-refractivity contribution in [2.45, 2.75) is 57.8 Å². The molecule has 2 aliphatic rings. The van der Waals surface area contributed by atoms with Crippen molar-refractivity contribution in [3.63, 3.8) is 0 Å². The van der Waals surface area contributed by atoms with Crippen LogP contribution in [-0.4, -0.2) is 25.4 Å². The van der Waals surface area contributed by atoms with E-state index in [2.05, 4.69) is 43.4 Å². The van der Waals surface area contributed by atoms with E-state index in [1.807, 2.05) is 25.1 Å². The third-order valence-corrected chi connectivity index (χ3v) is 6.50. The molecule has 0 bridgehead atoms. The average Bonchev–Trinajstić information content (AvgIpc) is 2.78. The van der Waals surface area contributed by atoms with Gasteiger partial charge in [-0.05, 0) is 54.0 Å². The molecule has 1 aliphatic heterocycles. The highest BCUT2D eigenvalue weighted by atomic mass is 16.5. The molecule has 1 N–H and O–H groups in total. The molecule has 0 saturated heterocycles. The lowest BCUT2D eigenvalue weighted by Gasteiger charge is -2.34. The summed E-state index contributed by atoms with van der Waals surface area (Å²) in [5.41, 5.74) is 4.85. The summed E-state index contributed by atoms with van der Waals surface area (Å²) >= 11 is 0. The van der Waals surface area contributed by atoms with Gasteiger partial charge in [-0.15, -0.1) is 0 Å². The summed E-state index contributed by atoms with van der Waals surface area (Å²) in [6.07, 6.45) is 1.37. The van der Waals surface area contributed by atoms with E-state index < -0.39 is 0 Å². The van der Waals surface area contributed by atoms with Crippen LogP contribution in [0.2, 0.25) is 0 Å². The number of ether oxygens (including phenoxy) is 2. The normalized spacial score (nSPS) is 20.8. The number of hydrogen-bond donors (Lipinski definition) is 1. The maximum atomic E-state index is 13.3. The van der Waals surface area contributed by atoms with Crippen molar-refractivity contribution in [3.05, 3.63) is 70.4 Å². The van der Waals surface area contributed by atoms with E-state index in [0.717, 1.165) is 22.4 Å². The topological polar surface area (TPSA) is 64.6 Å². The smallest absolute Gasteiger partial charge is 0.225 e. The van der Waals surface area contributed by atoms with Gasteiger partial charge in [0.15, 0.2) is 17.3 Å². The van der Waals surface area contributed by atoms with Gasteiger partial charge in [-0.3, -0.25) is 9.59 Å². The molecule has 168 valence electrons. The zero-order valence-corrected chi connectivity index (χ0v) is 19.2. The van der Waals surface area contributed by atoms with Crippen LogP contribution in [0.25, 0.3) is 0 Å². The third-order valence-electron chi connectivity index (χ3n) is 6.50. The summed E-state index contributed by atoms with van der Waals surface area (Å²) in [4.78, 5) is 25.9. The van der Waals surface area contributed by atoms with Crippen molar-refractivity contribution in [3.8, 4) is 11.5 Å². The Kier molecular flexibility index (Phi) is 6.35. The lowest BCUT2D eigenvalue weighted by atomic mass is 9.73. The van der Waals surface area contributed by atoms with Gasteiger partial charge < -0.3 is 14.8 Å². The number of allylic oxidation sites excluding steroid dienone is 2. The Bertz CT molecular complexity index is 1050. The second kappa shape index (κ2) is 9.19. The van der Waals surface area contributed by atoms with Crippen LogP contribution in [0, 0.1) is 0 Å². The summed E-state index contributed by atoms with van der Waals surface area (Å²) in [6.45, 7) is 6.80. The molecular weight excluding hydrogens is 402 g/mol. The first kappa shape index (κ1) is 22.1. The van der Waals surface area contributed by atoms with E-state index in [1.54, 1.807) is 7.11 Å². The molecule has 0 fully saturated rings. The van der Waals surface area contributed by atoms with E-state index in [1.165, 1.54) is 5.56 Å². The van der Waals surface area contributed by atoms with E-state index in [0.29, 0.717) is 43.3 Å². The number of Topliss-reactive ketones (excluding diaryl/α,β-unsaturated/α-hetero) is 1. The predicted octanol–water partition coefficient (Wildman–Crippen LogP) is 5.22. The number of carbonyl (C=O) groups excluding carboxylic acids is 2. The fourth-order valence-corrected chi connectivity index (χ4v) is 4.81. The molecule has 5 nitrogen and oxygen atoms in total. The summed E-state index contributed by atoms with van der Waals surface area (Å²) < 4.78 is 11.1. The minimum absolute atomic E-state index is 0.00630. The van der Waals surface area contributed by atoms with Crippen LogP contribution in [0.5, 0.6) is 11.5 Å². The monoisotopic (exact) mass is 433 g/mol. The van der Waals surface area contributed by atoms with Crippen molar-refractivity contribution in [2.75, 3.05) is 13.7 Å². The molecule has 0 radical (unpaired) electrons. The molecule has 0 spiro atoms. The summed E-state index contributed by atoms with van der Waals surface area (Å²) in [5, 5.41) is 3.00. The van der Waals surface area contributed by atoms with Crippen LogP contribution in [0.3, 0.4) is 0 Å². The second-order valence-corrected chi connectivity index (χ2v) is 8.89. The largest absolute Gasteiger partial charge is 0.493 e. The minimum atomic E-state index is -0.178. The van der Waals surface area contributed by atoms with Gasteiger partial charge in [0.1, 0.15) is 0 Å². The lowest BCUT2D eigenvalue weighted by molar-refractivity contribution is -0.122. The van der Waals surface area contributed by atoms with Gasteiger partial charge >= 0.3 is 0 Å². The van der Waals surface area contributed by atoms with Crippen molar-refractivity contribution < 1.29 is 19.1 Å². The van der Waals surface area contributed by atoms with E-state index >= 15 is 0 Å². The fraction of sp³-hybridized carbons (Fsp3) is 0.407. The van der Waals surface area contributed by atoms with Gasteiger partial charge in [-0.25, -0.2) is 0 Å². The number of ketones is 1. The number of nitrogens with one attached hydrogen (secondary N) is 1. The van der Waals surface area contributed by atoms with Gasteiger partial charge in [0.05, 0.1) is 13.7 Å². The molecule has 2 atom stereocenters.